The van der Waals surface area contributed by atoms with E-state index in [2.05, 4.69) is 13.0 Å². The molecule has 2 rings (SSSR count). The molecule has 0 bridgehead atoms. The second-order valence-corrected chi connectivity index (χ2v) is 7.08. The van der Waals surface area contributed by atoms with Crippen molar-refractivity contribution in [3.63, 3.8) is 0 Å². The summed E-state index contributed by atoms with van der Waals surface area (Å²) < 4.78 is 0. The fourth-order valence-electron chi connectivity index (χ4n) is 4.48. The Morgan fingerprint density at radius 3 is 1.95 bits per heavy atom. The van der Waals surface area contributed by atoms with E-state index in [0.29, 0.717) is 0 Å². The van der Waals surface area contributed by atoms with Crippen molar-refractivity contribution < 1.29 is 0 Å². The predicted molar refractivity (Wildman–Crippen MR) is 85.2 cm³/mol. The van der Waals surface area contributed by atoms with Crippen molar-refractivity contribution in [1.29, 1.82) is 5.26 Å². The molecule has 20 heavy (non-hydrogen) atoms. The van der Waals surface area contributed by atoms with E-state index in [-0.39, 0.29) is 0 Å². The molecule has 0 spiro atoms. The molecule has 0 saturated heterocycles. The van der Waals surface area contributed by atoms with E-state index in [9.17, 15) is 0 Å². The van der Waals surface area contributed by atoms with Gasteiger partial charge >= 0.3 is 0 Å². The topological polar surface area (TPSA) is 23.8 Å². The predicted octanol–water partition coefficient (Wildman–Crippen LogP) is 5.87. The Morgan fingerprint density at radius 2 is 1.45 bits per heavy atom. The van der Waals surface area contributed by atoms with E-state index < -0.39 is 0 Å². The second kappa shape index (κ2) is 8.50. The zero-order valence-electron chi connectivity index (χ0n) is 13.2. The maximum absolute atomic E-state index is 8.48. The Labute approximate surface area is 125 Å². The molecule has 1 heteroatoms. The molecule has 0 aromatic carbocycles. The van der Waals surface area contributed by atoms with Gasteiger partial charge in [-0.15, -0.1) is 0 Å². The number of hydrogen-bond donors (Lipinski definition) is 0. The molecule has 1 nitrogen and oxygen atoms in total. The van der Waals surface area contributed by atoms with Crippen LogP contribution in [-0.4, -0.2) is 0 Å². The average Bonchev–Trinajstić information content (AvgIpc) is 2.52. The SMILES string of the molecule is CC[C@H]1CC[C@H](C2CCC(CC/C=C/C#N)CC2)CC1. The van der Waals surface area contributed by atoms with Crippen LogP contribution in [0.2, 0.25) is 0 Å². The average molecular weight is 273 g/mol. The maximum atomic E-state index is 8.48. The lowest BCUT2D eigenvalue weighted by atomic mass is 9.68. The summed E-state index contributed by atoms with van der Waals surface area (Å²) in [6.45, 7) is 2.36. The van der Waals surface area contributed by atoms with Gasteiger partial charge in [0, 0.05) is 6.08 Å². The number of nitrogens with zero attached hydrogens (tertiary/aromatic N) is 1. The van der Waals surface area contributed by atoms with Crippen LogP contribution in [0.3, 0.4) is 0 Å². The molecule has 0 unspecified atom stereocenters. The first-order valence-corrected chi connectivity index (χ1v) is 8.88. The molecule has 2 aliphatic carbocycles. The first kappa shape index (κ1) is 15.6. The lowest BCUT2D eigenvalue weighted by molar-refractivity contribution is 0.143. The smallest absolute Gasteiger partial charge is 0.0908 e. The van der Waals surface area contributed by atoms with Crippen LogP contribution in [0, 0.1) is 35.0 Å². The van der Waals surface area contributed by atoms with E-state index in [1.54, 1.807) is 6.08 Å². The van der Waals surface area contributed by atoms with Crippen molar-refractivity contribution in [1.82, 2.24) is 0 Å². The van der Waals surface area contributed by atoms with Gasteiger partial charge in [0.05, 0.1) is 6.07 Å². The van der Waals surface area contributed by atoms with E-state index >= 15 is 0 Å². The normalized spacial score (nSPS) is 35.0. The molecule has 112 valence electrons. The van der Waals surface area contributed by atoms with Gasteiger partial charge in [0.25, 0.3) is 0 Å². The van der Waals surface area contributed by atoms with Crippen molar-refractivity contribution in [2.45, 2.75) is 77.6 Å². The minimum Gasteiger partial charge on any atom is -0.193 e. The number of nitriles is 1. The molecule has 2 fully saturated rings. The molecule has 0 amide bonds. The minimum atomic E-state index is 0.932. The number of rotatable bonds is 5. The molecule has 0 aliphatic heterocycles. The summed E-state index contributed by atoms with van der Waals surface area (Å²) in [6, 6.07) is 2.08. The summed E-state index contributed by atoms with van der Waals surface area (Å²) in [7, 11) is 0. The molecule has 0 radical (unpaired) electrons. The van der Waals surface area contributed by atoms with E-state index in [4.69, 9.17) is 5.26 Å². The molecule has 0 N–H and O–H groups in total. The summed E-state index contributed by atoms with van der Waals surface area (Å²) >= 11 is 0. The van der Waals surface area contributed by atoms with E-state index in [1.807, 2.05) is 6.08 Å². The quantitative estimate of drug-likeness (QED) is 0.575. The van der Waals surface area contributed by atoms with Gasteiger partial charge in [0.15, 0.2) is 0 Å². The van der Waals surface area contributed by atoms with Crippen LogP contribution in [0.25, 0.3) is 0 Å². The van der Waals surface area contributed by atoms with Crippen molar-refractivity contribution in [2.24, 2.45) is 23.7 Å². The Hall–Kier alpha value is -0.770. The largest absolute Gasteiger partial charge is 0.193 e. The van der Waals surface area contributed by atoms with Gasteiger partial charge in [0.1, 0.15) is 0 Å². The van der Waals surface area contributed by atoms with E-state index in [1.165, 1.54) is 64.2 Å². The van der Waals surface area contributed by atoms with Gasteiger partial charge in [-0.05, 0) is 62.2 Å². The third-order valence-corrected chi connectivity index (χ3v) is 5.96. The third-order valence-electron chi connectivity index (χ3n) is 5.96. The van der Waals surface area contributed by atoms with Crippen molar-refractivity contribution in [2.75, 3.05) is 0 Å². The molecular weight excluding hydrogens is 242 g/mol. The van der Waals surface area contributed by atoms with Crippen LogP contribution in [0.4, 0.5) is 0 Å². The van der Waals surface area contributed by atoms with Crippen molar-refractivity contribution >= 4 is 0 Å². The Balaban J connectivity index is 1.64. The van der Waals surface area contributed by atoms with Gasteiger partial charge in [0.2, 0.25) is 0 Å². The van der Waals surface area contributed by atoms with Gasteiger partial charge in [-0.3, -0.25) is 0 Å². The second-order valence-electron chi connectivity index (χ2n) is 7.08. The lowest BCUT2D eigenvalue weighted by Gasteiger charge is -2.37. The summed E-state index contributed by atoms with van der Waals surface area (Å²) in [5, 5.41) is 8.48. The zero-order chi connectivity index (χ0) is 14.2. The highest BCUT2D eigenvalue weighted by molar-refractivity contribution is 5.01. The highest BCUT2D eigenvalue weighted by Gasteiger charge is 2.30. The Bertz CT molecular complexity index is 322. The maximum Gasteiger partial charge on any atom is 0.0908 e. The zero-order valence-corrected chi connectivity index (χ0v) is 13.2. The van der Waals surface area contributed by atoms with Crippen molar-refractivity contribution in [3.8, 4) is 6.07 Å². The molecule has 0 aromatic rings. The van der Waals surface area contributed by atoms with Crippen LogP contribution >= 0.6 is 0 Å². The van der Waals surface area contributed by atoms with Crippen LogP contribution in [0.15, 0.2) is 12.2 Å². The molecule has 2 aliphatic rings. The fourth-order valence-corrected chi connectivity index (χ4v) is 4.48. The summed E-state index contributed by atoms with van der Waals surface area (Å²) in [4.78, 5) is 0. The number of allylic oxidation sites excluding steroid dienone is 2. The van der Waals surface area contributed by atoms with Crippen LogP contribution in [-0.2, 0) is 0 Å². The molecular formula is C19H31N. The Morgan fingerprint density at radius 1 is 0.900 bits per heavy atom. The summed E-state index contributed by atoms with van der Waals surface area (Å²) in [6.07, 6.45) is 19.3. The summed E-state index contributed by atoms with van der Waals surface area (Å²) in [5.74, 6) is 4.06. The van der Waals surface area contributed by atoms with E-state index in [0.717, 1.165) is 30.1 Å². The highest BCUT2D eigenvalue weighted by Crippen LogP contribution is 2.42. The minimum absolute atomic E-state index is 0.932. The molecule has 0 aromatic heterocycles. The third kappa shape index (κ3) is 4.65. The van der Waals surface area contributed by atoms with Gasteiger partial charge in [-0.2, -0.15) is 5.26 Å². The van der Waals surface area contributed by atoms with Crippen LogP contribution in [0.5, 0.6) is 0 Å². The molecule has 0 heterocycles. The first-order chi connectivity index (χ1) is 9.83. The monoisotopic (exact) mass is 273 g/mol. The molecule has 0 atom stereocenters. The summed E-state index contributed by atoms with van der Waals surface area (Å²) in [5.41, 5.74) is 0. The first-order valence-electron chi connectivity index (χ1n) is 8.88. The lowest BCUT2D eigenvalue weighted by Crippen LogP contribution is -2.25. The molecule has 2 saturated carbocycles. The number of hydrogen-bond acceptors (Lipinski definition) is 1. The van der Waals surface area contributed by atoms with Gasteiger partial charge in [-0.25, -0.2) is 0 Å². The van der Waals surface area contributed by atoms with Gasteiger partial charge < -0.3 is 0 Å². The van der Waals surface area contributed by atoms with Crippen molar-refractivity contribution in [3.05, 3.63) is 12.2 Å². The standard InChI is InChI=1S/C19H31N/c1-2-16-7-11-18(12-8-16)19-13-9-17(10-14-19)6-4-3-5-15-20/h3,5,16-19H,2,4,6-14H2,1H3/b5-3+/t16-,17?,18-,19?. The fraction of sp³-hybridized carbons (Fsp3) is 0.842. The highest BCUT2D eigenvalue weighted by atomic mass is 14.4. The Kier molecular flexibility index (Phi) is 6.64. The van der Waals surface area contributed by atoms with Gasteiger partial charge in [-0.1, -0.05) is 45.1 Å². The van der Waals surface area contributed by atoms with Crippen LogP contribution in [0.1, 0.15) is 77.6 Å². The van der Waals surface area contributed by atoms with Crippen LogP contribution < -0.4 is 0 Å².